The Morgan fingerprint density at radius 3 is 2.79 bits per heavy atom. The molecular formula is C18H16ClN3O4S2. The summed E-state index contributed by atoms with van der Waals surface area (Å²) in [5, 5.41) is 12.1. The minimum absolute atomic E-state index is 0.0588. The first-order valence-electron chi connectivity index (χ1n) is 8.61. The number of aromatic nitrogens is 1. The van der Waals surface area contributed by atoms with E-state index in [-0.39, 0.29) is 27.2 Å². The number of rotatable bonds is 4. The number of fused-ring (bicyclic) bond motifs is 1. The van der Waals surface area contributed by atoms with Gasteiger partial charge in [0.15, 0.2) is 0 Å². The molecule has 0 radical (unpaired) electrons. The summed E-state index contributed by atoms with van der Waals surface area (Å²) in [4.78, 5) is 15.1. The zero-order valence-corrected chi connectivity index (χ0v) is 17.2. The molecule has 146 valence electrons. The van der Waals surface area contributed by atoms with Gasteiger partial charge >= 0.3 is 0 Å². The molecule has 1 aliphatic rings. The summed E-state index contributed by atoms with van der Waals surface area (Å²) >= 11 is 7.56. The van der Waals surface area contributed by atoms with E-state index in [0.29, 0.717) is 19.4 Å². The van der Waals surface area contributed by atoms with Gasteiger partial charge in [0.1, 0.15) is 5.01 Å². The number of nitrogens with zero attached hydrogens (tertiary/aromatic N) is 3. The quantitative estimate of drug-likeness (QED) is 0.436. The third kappa shape index (κ3) is 3.18. The van der Waals surface area contributed by atoms with E-state index in [1.165, 1.54) is 28.6 Å². The first-order valence-corrected chi connectivity index (χ1v) is 11.2. The summed E-state index contributed by atoms with van der Waals surface area (Å²) in [6, 6.07) is 9.64. The summed E-state index contributed by atoms with van der Waals surface area (Å²) < 4.78 is 29.0. The molecular weight excluding hydrogens is 422 g/mol. The van der Waals surface area contributed by atoms with Crippen LogP contribution in [0.4, 0.5) is 5.69 Å². The number of benzene rings is 2. The van der Waals surface area contributed by atoms with Crippen LogP contribution in [-0.4, -0.2) is 29.2 Å². The highest BCUT2D eigenvalue weighted by Gasteiger charge is 2.39. The lowest BCUT2D eigenvalue weighted by atomic mass is 10.2. The Bertz CT molecular complexity index is 1160. The lowest BCUT2D eigenvalue weighted by molar-refractivity contribution is -0.385. The van der Waals surface area contributed by atoms with Crippen LogP contribution >= 0.6 is 22.9 Å². The van der Waals surface area contributed by atoms with E-state index in [1.54, 1.807) is 0 Å². The standard InChI is InChI=1S/C18H16ClN3O4S2/c1-11-13(19)9-12(10-16(11)22(23)24)28(25,26)21-8-4-6-15(21)18-20-14-5-2-3-7-17(14)27-18/h2-3,5,7,9-10,15H,4,6,8H2,1H3/t15-/m1/s1. The second-order valence-electron chi connectivity index (χ2n) is 6.60. The van der Waals surface area contributed by atoms with Crippen LogP contribution in [0.15, 0.2) is 41.3 Å². The van der Waals surface area contributed by atoms with Crippen molar-refractivity contribution in [3.05, 3.63) is 62.1 Å². The molecule has 1 aromatic heterocycles. The SMILES string of the molecule is Cc1c(Cl)cc(S(=O)(=O)N2CCC[C@@H]2c2nc3ccccc3s2)cc1[N+](=O)[O-]. The molecule has 10 heteroatoms. The lowest BCUT2D eigenvalue weighted by Crippen LogP contribution is -2.30. The van der Waals surface area contributed by atoms with E-state index >= 15 is 0 Å². The topological polar surface area (TPSA) is 93.4 Å². The first kappa shape index (κ1) is 19.3. The third-order valence-corrected chi connectivity index (χ3v) is 8.31. The van der Waals surface area contributed by atoms with Crippen molar-refractivity contribution in [2.45, 2.75) is 30.7 Å². The Morgan fingerprint density at radius 2 is 2.07 bits per heavy atom. The van der Waals surface area contributed by atoms with E-state index in [9.17, 15) is 18.5 Å². The Hall–Kier alpha value is -2.07. The molecule has 1 saturated heterocycles. The maximum absolute atomic E-state index is 13.3. The van der Waals surface area contributed by atoms with Crippen molar-refractivity contribution in [3.8, 4) is 0 Å². The van der Waals surface area contributed by atoms with Gasteiger partial charge in [0.25, 0.3) is 5.69 Å². The molecule has 0 spiro atoms. The fourth-order valence-corrected chi connectivity index (χ4v) is 6.59. The lowest BCUT2D eigenvalue weighted by Gasteiger charge is -2.22. The molecule has 2 aromatic carbocycles. The molecule has 0 amide bonds. The number of nitro benzene ring substituents is 1. The van der Waals surface area contributed by atoms with E-state index in [1.807, 2.05) is 24.3 Å². The van der Waals surface area contributed by atoms with Crippen LogP contribution in [0, 0.1) is 17.0 Å². The highest BCUT2D eigenvalue weighted by Crippen LogP contribution is 2.41. The predicted octanol–water partition coefficient (Wildman–Crippen LogP) is 4.69. The van der Waals surface area contributed by atoms with Crippen LogP contribution in [0.2, 0.25) is 5.02 Å². The molecule has 1 atom stereocenters. The van der Waals surface area contributed by atoms with Gasteiger partial charge in [-0.25, -0.2) is 13.4 Å². The summed E-state index contributed by atoms with van der Waals surface area (Å²) in [5.74, 6) is 0. The van der Waals surface area contributed by atoms with Crippen molar-refractivity contribution >= 4 is 48.9 Å². The number of hydrogen-bond acceptors (Lipinski definition) is 6. The maximum Gasteiger partial charge on any atom is 0.275 e. The highest BCUT2D eigenvalue weighted by atomic mass is 35.5. The van der Waals surface area contributed by atoms with Gasteiger partial charge in [0.05, 0.1) is 31.1 Å². The van der Waals surface area contributed by atoms with Crippen LogP contribution in [0.3, 0.4) is 0 Å². The minimum Gasteiger partial charge on any atom is -0.258 e. The zero-order chi connectivity index (χ0) is 20.1. The fraction of sp³-hybridized carbons (Fsp3) is 0.278. The van der Waals surface area contributed by atoms with Gasteiger partial charge in [-0.2, -0.15) is 4.31 Å². The van der Waals surface area contributed by atoms with Gasteiger partial charge < -0.3 is 0 Å². The van der Waals surface area contributed by atoms with Crippen LogP contribution in [-0.2, 0) is 10.0 Å². The molecule has 2 heterocycles. The molecule has 3 aromatic rings. The largest absolute Gasteiger partial charge is 0.275 e. The van der Waals surface area contributed by atoms with Crippen molar-refractivity contribution < 1.29 is 13.3 Å². The second kappa shape index (κ2) is 7.07. The summed E-state index contributed by atoms with van der Waals surface area (Å²) in [7, 11) is -3.96. The van der Waals surface area contributed by atoms with Crippen molar-refractivity contribution in [1.82, 2.24) is 9.29 Å². The molecule has 0 saturated carbocycles. The number of hydrogen-bond donors (Lipinski definition) is 0. The Morgan fingerprint density at radius 1 is 1.32 bits per heavy atom. The van der Waals surface area contributed by atoms with Gasteiger partial charge in [-0.1, -0.05) is 23.7 Å². The van der Waals surface area contributed by atoms with E-state index < -0.39 is 14.9 Å². The molecule has 7 nitrogen and oxygen atoms in total. The molecule has 0 unspecified atom stereocenters. The molecule has 0 N–H and O–H groups in total. The molecule has 4 rings (SSSR count). The predicted molar refractivity (Wildman–Crippen MR) is 108 cm³/mol. The van der Waals surface area contributed by atoms with E-state index in [2.05, 4.69) is 4.98 Å². The van der Waals surface area contributed by atoms with Gasteiger partial charge in [-0.3, -0.25) is 10.1 Å². The van der Waals surface area contributed by atoms with Crippen molar-refractivity contribution in [2.24, 2.45) is 0 Å². The molecule has 28 heavy (non-hydrogen) atoms. The monoisotopic (exact) mass is 437 g/mol. The normalized spacial score (nSPS) is 18.0. The van der Waals surface area contributed by atoms with Gasteiger partial charge in [0.2, 0.25) is 10.0 Å². The number of para-hydroxylation sites is 1. The molecule has 1 aliphatic heterocycles. The van der Waals surface area contributed by atoms with Crippen molar-refractivity contribution in [3.63, 3.8) is 0 Å². The molecule has 0 aliphatic carbocycles. The van der Waals surface area contributed by atoms with Crippen molar-refractivity contribution in [1.29, 1.82) is 0 Å². The van der Waals surface area contributed by atoms with Crippen LogP contribution in [0.25, 0.3) is 10.2 Å². The summed E-state index contributed by atoms with van der Waals surface area (Å²) in [5.41, 5.74) is 0.775. The summed E-state index contributed by atoms with van der Waals surface area (Å²) in [6.07, 6.45) is 1.35. The van der Waals surface area contributed by atoms with Crippen LogP contribution in [0.1, 0.15) is 29.5 Å². The smallest absolute Gasteiger partial charge is 0.258 e. The number of thiazole rings is 1. The molecule has 1 fully saturated rings. The fourth-order valence-electron chi connectivity index (χ4n) is 3.42. The second-order valence-corrected chi connectivity index (χ2v) is 9.96. The third-order valence-electron chi connectivity index (χ3n) is 4.89. The number of nitro groups is 1. The Kier molecular flexibility index (Phi) is 4.86. The van der Waals surface area contributed by atoms with Crippen molar-refractivity contribution in [2.75, 3.05) is 6.54 Å². The Balaban J connectivity index is 1.77. The zero-order valence-electron chi connectivity index (χ0n) is 14.8. The average Bonchev–Trinajstić information content (AvgIpc) is 3.30. The van der Waals surface area contributed by atoms with E-state index in [4.69, 9.17) is 11.6 Å². The molecule has 0 bridgehead atoms. The highest BCUT2D eigenvalue weighted by molar-refractivity contribution is 7.89. The maximum atomic E-state index is 13.3. The summed E-state index contributed by atoms with van der Waals surface area (Å²) in [6.45, 7) is 1.83. The van der Waals surface area contributed by atoms with Gasteiger partial charge in [0, 0.05) is 18.2 Å². The van der Waals surface area contributed by atoms with E-state index in [0.717, 1.165) is 21.3 Å². The number of sulfonamides is 1. The van der Waals surface area contributed by atoms with Gasteiger partial charge in [-0.05, 0) is 38.0 Å². The minimum atomic E-state index is -3.96. The Labute approximate surface area is 170 Å². The number of halogens is 1. The van der Waals surface area contributed by atoms with Crippen LogP contribution in [0.5, 0.6) is 0 Å². The van der Waals surface area contributed by atoms with Crippen LogP contribution < -0.4 is 0 Å². The first-order chi connectivity index (χ1) is 13.3. The average molecular weight is 438 g/mol. The van der Waals surface area contributed by atoms with Gasteiger partial charge in [-0.15, -0.1) is 11.3 Å².